The van der Waals surface area contributed by atoms with Gasteiger partial charge in [-0.1, -0.05) is 85.7 Å². The second-order valence-electron chi connectivity index (χ2n) is 7.34. The van der Waals surface area contributed by atoms with E-state index < -0.39 is 0 Å². The van der Waals surface area contributed by atoms with Gasteiger partial charge in [0.2, 0.25) is 0 Å². The maximum Gasteiger partial charge on any atom is -0.0247 e. The molecule has 0 radical (unpaired) electrons. The first kappa shape index (κ1) is 17.0. The molecule has 3 rings (SSSR count). The topological polar surface area (TPSA) is 0 Å². The van der Waals surface area contributed by atoms with E-state index in [1.165, 1.54) is 62.5 Å². The van der Waals surface area contributed by atoms with Gasteiger partial charge in [0.1, 0.15) is 0 Å². The maximum absolute atomic E-state index is 2.44. The Kier molecular flexibility index (Phi) is 6.71. The average molecular weight is 319 g/mol. The molecule has 2 atom stereocenters. The number of hydrogen-bond acceptors (Lipinski definition) is 0. The molecule has 1 aliphatic rings. The molecule has 0 bridgehead atoms. The van der Waals surface area contributed by atoms with E-state index in [9.17, 15) is 0 Å². The molecule has 0 heterocycles. The van der Waals surface area contributed by atoms with Gasteiger partial charge in [0, 0.05) is 0 Å². The summed E-state index contributed by atoms with van der Waals surface area (Å²) in [6, 6.07) is 22.1. The summed E-state index contributed by atoms with van der Waals surface area (Å²) in [4.78, 5) is 0. The van der Waals surface area contributed by atoms with E-state index in [-0.39, 0.29) is 0 Å². The molecule has 2 aromatic rings. The zero-order chi connectivity index (χ0) is 16.5. The lowest BCUT2D eigenvalue weighted by Gasteiger charge is -2.24. The standard InChI is InChI=1S/C24H30/c1-2-6-16-23(18-21-12-8-4-9-13-21)20-24(17-7-3-1)19-22-14-10-5-11-15-22/h2,4-6,8-15,23-24H,1,3,7,16-20H2. The molecule has 0 heteroatoms. The minimum absolute atomic E-state index is 0.774. The maximum atomic E-state index is 2.44. The SMILES string of the molecule is C1=CCC(Cc2ccccc2)CC(Cc2ccccc2)CCCC1. The Morgan fingerprint density at radius 3 is 1.96 bits per heavy atom. The van der Waals surface area contributed by atoms with Crippen LogP contribution in [-0.4, -0.2) is 0 Å². The quantitative estimate of drug-likeness (QED) is 0.556. The van der Waals surface area contributed by atoms with Crippen molar-refractivity contribution in [2.45, 2.75) is 51.4 Å². The Balaban J connectivity index is 1.68. The molecule has 0 spiro atoms. The van der Waals surface area contributed by atoms with Crippen LogP contribution in [0.2, 0.25) is 0 Å². The van der Waals surface area contributed by atoms with Crippen LogP contribution in [0.1, 0.15) is 49.7 Å². The molecule has 0 N–H and O–H groups in total. The third-order valence-corrected chi connectivity index (χ3v) is 5.27. The predicted molar refractivity (Wildman–Crippen MR) is 104 cm³/mol. The van der Waals surface area contributed by atoms with Gasteiger partial charge in [0.25, 0.3) is 0 Å². The van der Waals surface area contributed by atoms with Crippen molar-refractivity contribution in [2.24, 2.45) is 11.8 Å². The molecule has 0 amide bonds. The van der Waals surface area contributed by atoms with Crippen LogP contribution in [0.25, 0.3) is 0 Å². The first-order valence-corrected chi connectivity index (χ1v) is 9.63. The third-order valence-electron chi connectivity index (χ3n) is 5.27. The molecule has 126 valence electrons. The van der Waals surface area contributed by atoms with Crippen molar-refractivity contribution in [3.63, 3.8) is 0 Å². The lowest BCUT2D eigenvalue weighted by molar-refractivity contribution is 0.338. The first-order valence-electron chi connectivity index (χ1n) is 9.63. The Hall–Kier alpha value is -1.82. The van der Waals surface area contributed by atoms with E-state index in [2.05, 4.69) is 72.8 Å². The summed E-state index contributed by atoms with van der Waals surface area (Å²) >= 11 is 0. The fourth-order valence-electron chi connectivity index (χ4n) is 4.03. The number of benzene rings is 2. The van der Waals surface area contributed by atoms with Crippen molar-refractivity contribution in [1.29, 1.82) is 0 Å². The Labute approximate surface area is 147 Å². The summed E-state index contributed by atoms with van der Waals surface area (Å²) in [5.41, 5.74) is 3.00. The van der Waals surface area contributed by atoms with Crippen molar-refractivity contribution in [3.05, 3.63) is 83.9 Å². The van der Waals surface area contributed by atoms with E-state index in [0.29, 0.717) is 0 Å². The van der Waals surface area contributed by atoms with Gasteiger partial charge in [-0.05, 0) is 61.5 Å². The van der Waals surface area contributed by atoms with Gasteiger partial charge in [-0.3, -0.25) is 0 Å². The number of hydrogen-bond donors (Lipinski definition) is 0. The minimum atomic E-state index is 0.774. The summed E-state index contributed by atoms with van der Waals surface area (Å²) in [5, 5.41) is 0. The van der Waals surface area contributed by atoms with Crippen molar-refractivity contribution in [1.82, 2.24) is 0 Å². The van der Waals surface area contributed by atoms with Crippen LogP contribution in [0, 0.1) is 11.8 Å². The molecule has 0 nitrogen and oxygen atoms in total. The molecule has 24 heavy (non-hydrogen) atoms. The van der Waals surface area contributed by atoms with Crippen LogP contribution < -0.4 is 0 Å². The highest BCUT2D eigenvalue weighted by Crippen LogP contribution is 2.28. The largest absolute Gasteiger partial charge is 0.0885 e. The van der Waals surface area contributed by atoms with E-state index >= 15 is 0 Å². The van der Waals surface area contributed by atoms with E-state index in [4.69, 9.17) is 0 Å². The van der Waals surface area contributed by atoms with Gasteiger partial charge in [-0.25, -0.2) is 0 Å². The smallest absolute Gasteiger partial charge is 0.0247 e. The summed E-state index contributed by atoms with van der Waals surface area (Å²) in [5.74, 6) is 1.60. The van der Waals surface area contributed by atoms with Crippen molar-refractivity contribution in [3.8, 4) is 0 Å². The highest BCUT2D eigenvalue weighted by Gasteiger charge is 2.17. The summed E-state index contributed by atoms with van der Waals surface area (Å²) in [7, 11) is 0. The van der Waals surface area contributed by atoms with Gasteiger partial charge >= 0.3 is 0 Å². The van der Waals surface area contributed by atoms with Gasteiger partial charge < -0.3 is 0 Å². The zero-order valence-corrected chi connectivity index (χ0v) is 14.7. The van der Waals surface area contributed by atoms with Crippen LogP contribution >= 0.6 is 0 Å². The van der Waals surface area contributed by atoms with Gasteiger partial charge in [-0.2, -0.15) is 0 Å². The van der Waals surface area contributed by atoms with Crippen molar-refractivity contribution < 1.29 is 0 Å². The van der Waals surface area contributed by atoms with Crippen LogP contribution in [-0.2, 0) is 12.8 Å². The Morgan fingerprint density at radius 2 is 1.29 bits per heavy atom. The van der Waals surface area contributed by atoms with Crippen molar-refractivity contribution >= 4 is 0 Å². The van der Waals surface area contributed by atoms with Crippen LogP contribution in [0.15, 0.2) is 72.8 Å². The zero-order valence-electron chi connectivity index (χ0n) is 14.7. The molecule has 0 aromatic heterocycles. The molecule has 1 aliphatic carbocycles. The molecular formula is C24H30. The molecule has 0 aliphatic heterocycles. The average Bonchev–Trinajstić information content (AvgIpc) is 2.62. The fourth-order valence-corrected chi connectivity index (χ4v) is 4.03. The molecule has 2 aromatic carbocycles. The Bertz CT molecular complexity index is 596. The second-order valence-corrected chi connectivity index (χ2v) is 7.34. The number of rotatable bonds is 4. The van der Waals surface area contributed by atoms with Crippen LogP contribution in [0.3, 0.4) is 0 Å². The summed E-state index contributed by atoms with van der Waals surface area (Å²) in [6.07, 6.45) is 15.3. The predicted octanol–water partition coefficient (Wildman–Crippen LogP) is 6.61. The second kappa shape index (κ2) is 9.47. The van der Waals surface area contributed by atoms with Crippen molar-refractivity contribution in [2.75, 3.05) is 0 Å². The highest BCUT2D eigenvalue weighted by atomic mass is 14.2. The van der Waals surface area contributed by atoms with E-state index in [0.717, 1.165) is 11.8 Å². The number of allylic oxidation sites excluding steroid dienone is 2. The van der Waals surface area contributed by atoms with Crippen LogP contribution in [0.4, 0.5) is 0 Å². The summed E-state index contributed by atoms with van der Waals surface area (Å²) in [6.45, 7) is 0. The van der Waals surface area contributed by atoms with Gasteiger partial charge in [0.15, 0.2) is 0 Å². The van der Waals surface area contributed by atoms with E-state index in [1.54, 1.807) is 0 Å². The van der Waals surface area contributed by atoms with E-state index in [1.807, 2.05) is 0 Å². The molecule has 0 fully saturated rings. The lowest BCUT2D eigenvalue weighted by Crippen LogP contribution is -2.14. The highest BCUT2D eigenvalue weighted by molar-refractivity contribution is 5.17. The first-order chi connectivity index (χ1) is 11.9. The summed E-state index contributed by atoms with van der Waals surface area (Å²) < 4.78 is 0. The molecular weight excluding hydrogens is 288 g/mol. The van der Waals surface area contributed by atoms with Gasteiger partial charge in [-0.15, -0.1) is 0 Å². The molecule has 2 unspecified atom stereocenters. The third kappa shape index (κ3) is 5.67. The lowest BCUT2D eigenvalue weighted by atomic mass is 9.81. The monoisotopic (exact) mass is 318 g/mol. The molecule has 0 saturated heterocycles. The van der Waals surface area contributed by atoms with Gasteiger partial charge in [0.05, 0.1) is 0 Å². The fraction of sp³-hybridized carbons (Fsp3) is 0.417. The Morgan fingerprint density at radius 1 is 0.667 bits per heavy atom. The van der Waals surface area contributed by atoms with Crippen LogP contribution in [0.5, 0.6) is 0 Å². The molecule has 0 saturated carbocycles. The minimum Gasteiger partial charge on any atom is -0.0885 e. The normalized spacial score (nSPS) is 22.2.